The van der Waals surface area contributed by atoms with Gasteiger partial charge in [0.1, 0.15) is 17.2 Å². The van der Waals surface area contributed by atoms with Crippen LogP contribution in [0.2, 0.25) is 0 Å². The Hall–Kier alpha value is -1.83. The van der Waals surface area contributed by atoms with Crippen LogP contribution in [0.4, 0.5) is 0 Å². The predicted octanol–water partition coefficient (Wildman–Crippen LogP) is 5.78. The molecule has 150 valence electrons. The summed E-state index contributed by atoms with van der Waals surface area (Å²) in [5.74, 6) is 1.10. The molecule has 0 aliphatic heterocycles. The summed E-state index contributed by atoms with van der Waals surface area (Å²) in [4.78, 5) is 10.7. The van der Waals surface area contributed by atoms with Gasteiger partial charge in [-0.15, -0.1) is 11.3 Å². The predicted molar refractivity (Wildman–Crippen MR) is 116 cm³/mol. The second-order valence-electron chi connectivity index (χ2n) is 6.42. The molecule has 4 rings (SSSR count). The van der Waals surface area contributed by atoms with E-state index in [1.807, 2.05) is 38.2 Å². The van der Waals surface area contributed by atoms with Crippen LogP contribution in [-0.2, 0) is 11.0 Å². The number of nitrogens with one attached hydrogen (secondary N) is 1. The quantitative estimate of drug-likeness (QED) is 0.571. The highest BCUT2D eigenvalue weighted by atomic mass is 32.2. The molecule has 28 heavy (non-hydrogen) atoms. The molecule has 0 spiro atoms. The molecule has 1 unspecified atom stereocenters. The van der Waals surface area contributed by atoms with E-state index in [1.165, 1.54) is 43.4 Å². The minimum atomic E-state index is -1.31. The van der Waals surface area contributed by atoms with Gasteiger partial charge in [-0.25, -0.2) is 18.9 Å². The molecule has 0 radical (unpaired) electrons. The van der Waals surface area contributed by atoms with Gasteiger partial charge in [0.25, 0.3) is 0 Å². The molecule has 1 aliphatic carbocycles. The summed E-state index contributed by atoms with van der Waals surface area (Å²) in [6.07, 6.45) is 11.4. The highest BCUT2D eigenvalue weighted by Gasteiger charge is 2.21. The van der Waals surface area contributed by atoms with E-state index in [0.29, 0.717) is 11.8 Å². The van der Waals surface area contributed by atoms with E-state index >= 15 is 0 Å². The van der Waals surface area contributed by atoms with Gasteiger partial charge in [0.15, 0.2) is 0 Å². The highest BCUT2D eigenvalue weighted by Crippen LogP contribution is 2.39. The molecule has 1 N–H and O–H groups in total. The normalized spacial score (nSPS) is 15.7. The van der Waals surface area contributed by atoms with E-state index in [2.05, 4.69) is 14.7 Å². The molecule has 7 heteroatoms. The summed E-state index contributed by atoms with van der Waals surface area (Å²) in [6.45, 7) is 4.00. The number of oxazole rings is 1. The third-order valence-corrected chi connectivity index (χ3v) is 7.09. The van der Waals surface area contributed by atoms with Gasteiger partial charge < -0.3 is 4.42 Å². The monoisotopic (exact) mass is 417 g/mol. The summed E-state index contributed by atoms with van der Waals surface area (Å²) in [6, 6.07) is 5.83. The fraction of sp³-hybridized carbons (Fsp3) is 0.429. The van der Waals surface area contributed by atoms with Gasteiger partial charge in [0, 0.05) is 23.2 Å². The molecule has 0 saturated heterocycles. The molecule has 3 aromatic rings. The van der Waals surface area contributed by atoms with E-state index in [0.717, 1.165) is 20.9 Å². The summed E-state index contributed by atoms with van der Waals surface area (Å²) in [5.41, 5.74) is 1.77. The Kier molecular flexibility index (Phi) is 7.53. The van der Waals surface area contributed by atoms with Gasteiger partial charge in [0.05, 0.1) is 21.0 Å². The highest BCUT2D eigenvalue weighted by molar-refractivity contribution is 7.83. The zero-order valence-electron chi connectivity index (χ0n) is 16.6. The second-order valence-corrected chi connectivity index (χ2v) is 8.87. The Morgan fingerprint density at radius 2 is 1.96 bits per heavy atom. The maximum atomic E-state index is 12.6. The SMILES string of the molecule is CC.CNS(=O)c1cc(-c2ncco2)ccc1-c1cnc(C2CCCCC2)s1. The summed E-state index contributed by atoms with van der Waals surface area (Å²) >= 11 is 1.73. The molecular weight excluding hydrogens is 390 g/mol. The summed E-state index contributed by atoms with van der Waals surface area (Å²) in [5, 5.41) is 1.21. The minimum Gasteiger partial charge on any atom is -0.445 e. The molecule has 0 amide bonds. The lowest BCUT2D eigenvalue weighted by Crippen LogP contribution is -2.11. The van der Waals surface area contributed by atoms with Crippen molar-refractivity contribution in [1.82, 2.24) is 14.7 Å². The van der Waals surface area contributed by atoms with E-state index in [9.17, 15) is 4.21 Å². The number of benzene rings is 1. The Morgan fingerprint density at radius 3 is 2.64 bits per heavy atom. The zero-order valence-corrected chi connectivity index (χ0v) is 18.2. The molecule has 1 fully saturated rings. The van der Waals surface area contributed by atoms with E-state index < -0.39 is 11.0 Å². The minimum absolute atomic E-state index is 0.526. The van der Waals surface area contributed by atoms with Crippen LogP contribution >= 0.6 is 11.3 Å². The van der Waals surface area contributed by atoms with E-state index in [1.54, 1.807) is 24.6 Å². The van der Waals surface area contributed by atoms with Crippen LogP contribution in [-0.4, -0.2) is 21.2 Å². The van der Waals surface area contributed by atoms with E-state index in [-0.39, 0.29) is 0 Å². The van der Waals surface area contributed by atoms with Crippen molar-refractivity contribution in [3.8, 4) is 21.9 Å². The van der Waals surface area contributed by atoms with E-state index in [4.69, 9.17) is 4.42 Å². The first-order chi connectivity index (χ1) is 13.8. The lowest BCUT2D eigenvalue weighted by Gasteiger charge is -2.18. The van der Waals surface area contributed by atoms with Crippen LogP contribution in [0, 0.1) is 0 Å². The number of hydrogen-bond donors (Lipinski definition) is 1. The van der Waals surface area contributed by atoms with Crippen molar-refractivity contribution in [3.63, 3.8) is 0 Å². The van der Waals surface area contributed by atoms with Gasteiger partial charge in [0.2, 0.25) is 5.89 Å². The van der Waals surface area contributed by atoms with Crippen LogP contribution in [0.3, 0.4) is 0 Å². The van der Waals surface area contributed by atoms with Crippen LogP contribution < -0.4 is 4.72 Å². The topological polar surface area (TPSA) is 68.0 Å². The van der Waals surface area contributed by atoms with Crippen molar-refractivity contribution in [1.29, 1.82) is 0 Å². The largest absolute Gasteiger partial charge is 0.445 e. The molecule has 1 aliphatic rings. The first kappa shape index (κ1) is 20.9. The average molecular weight is 418 g/mol. The Labute approximate surface area is 173 Å². The Balaban J connectivity index is 0.00000109. The van der Waals surface area contributed by atoms with Crippen LogP contribution in [0.1, 0.15) is 56.9 Å². The van der Waals surface area contributed by atoms with Crippen molar-refractivity contribution >= 4 is 22.3 Å². The molecular formula is C21H27N3O2S2. The molecule has 1 saturated carbocycles. The molecule has 2 heterocycles. The van der Waals surface area contributed by atoms with Crippen molar-refractivity contribution in [2.75, 3.05) is 7.05 Å². The number of nitrogens with zero attached hydrogens (tertiary/aromatic N) is 2. The molecule has 1 aromatic carbocycles. The second kappa shape index (κ2) is 10.1. The van der Waals surface area contributed by atoms with Crippen molar-refractivity contribution in [2.45, 2.75) is 56.8 Å². The molecule has 2 aromatic heterocycles. The first-order valence-corrected chi connectivity index (χ1v) is 11.8. The summed E-state index contributed by atoms with van der Waals surface area (Å²) < 4.78 is 20.8. The third kappa shape index (κ3) is 4.59. The molecule has 1 atom stereocenters. The van der Waals surface area contributed by atoms with Gasteiger partial charge in [-0.3, -0.25) is 0 Å². The van der Waals surface area contributed by atoms with Gasteiger partial charge in [-0.2, -0.15) is 0 Å². The summed E-state index contributed by atoms with van der Waals surface area (Å²) in [7, 11) is 0.382. The number of aromatic nitrogens is 2. The number of thiazole rings is 1. The van der Waals surface area contributed by atoms with Crippen LogP contribution in [0.15, 0.2) is 46.2 Å². The smallest absolute Gasteiger partial charge is 0.225 e. The molecule has 0 bridgehead atoms. The average Bonchev–Trinajstić information content (AvgIpc) is 3.47. The maximum Gasteiger partial charge on any atom is 0.225 e. The lowest BCUT2D eigenvalue weighted by atomic mass is 9.90. The number of hydrogen-bond acceptors (Lipinski definition) is 5. The van der Waals surface area contributed by atoms with Gasteiger partial charge in [-0.1, -0.05) is 39.2 Å². The first-order valence-electron chi connectivity index (χ1n) is 9.85. The van der Waals surface area contributed by atoms with Crippen molar-refractivity contribution in [2.24, 2.45) is 0 Å². The van der Waals surface area contributed by atoms with Crippen LogP contribution in [0.25, 0.3) is 21.9 Å². The van der Waals surface area contributed by atoms with Crippen molar-refractivity contribution in [3.05, 3.63) is 41.9 Å². The standard InChI is InChI=1S/C19H21N3O2S2.C2H6/c1-20-26(23)17-11-14(18-21-9-10-24-18)7-8-15(17)16-12-22-19(25-16)13-5-3-2-4-6-13;1-2/h7-13,20H,2-6H2,1H3;1-2H3. The molecule has 5 nitrogen and oxygen atoms in total. The van der Waals surface area contributed by atoms with Crippen molar-refractivity contribution < 1.29 is 8.63 Å². The van der Waals surface area contributed by atoms with Gasteiger partial charge in [-0.05, 0) is 32.0 Å². The number of rotatable bonds is 5. The van der Waals surface area contributed by atoms with Gasteiger partial charge >= 0.3 is 0 Å². The Bertz CT molecular complexity index is 900. The third-order valence-electron chi connectivity index (χ3n) is 4.79. The fourth-order valence-electron chi connectivity index (χ4n) is 3.44. The fourth-order valence-corrected chi connectivity index (χ4v) is 5.46. The zero-order chi connectivity index (χ0) is 19.9. The maximum absolute atomic E-state index is 12.6. The Morgan fingerprint density at radius 1 is 1.18 bits per heavy atom. The lowest BCUT2D eigenvalue weighted by molar-refractivity contribution is 0.442. The van der Waals surface area contributed by atoms with Crippen LogP contribution in [0.5, 0.6) is 0 Å².